The van der Waals surface area contributed by atoms with Crippen LogP contribution in [0.25, 0.3) is 0 Å². The van der Waals surface area contributed by atoms with Gasteiger partial charge in [-0.2, -0.15) is 13.1 Å². The summed E-state index contributed by atoms with van der Waals surface area (Å²) in [5.41, 5.74) is 0.678. The molecule has 0 bridgehead atoms. The Hall–Kier alpha value is -1.31. The second-order valence-electron chi connectivity index (χ2n) is 3.04. The number of hydrogen-bond donors (Lipinski definition) is 2. The molecule has 16 heavy (non-hydrogen) atoms. The highest BCUT2D eigenvalue weighted by molar-refractivity contribution is 7.87. The first-order valence-electron chi connectivity index (χ1n) is 4.44. The Balaban J connectivity index is 2.87. The number of methoxy groups -OCH3 is 2. The number of hydrogen-bond acceptors (Lipinski definition) is 4. The third-order valence-corrected chi connectivity index (χ3v) is 2.50. The highest BCUT2D eigenvalue weighted by Gasteiger charge is 2.07. The van der Waals surface area contributed by atoms with Gasteiger partial charge < -0.3 is 9.47 Å². The summed E-state index contributed by atoms with van der Waals surface area (Å²) in [5, 5.41) is 4.83. The monoisotopic (exact) mass is 246 g/mol. The van der Waals surface area contributed by atoms with E-state index < -0.39 is 10.2 Å². The molecular weight excluding hydrogens is 232 g/mol. The van der Waals surface area contributed by atoms with Gasteiger partial charge in [0, 0.05) is 18.2 Å². The number of nitrogens with two attached hydrogens (primary N) is 1. The first-order chi connectivity index (χ1) is 7.46. The van der Waals surface area contributed by atoms with Crippen molar-refractivity contribution >= 4 is 10.2 Å². The van der Waals surface area contributed by atoms with Crippen molar-refractivity contribution < 1.29 is 17.9 Å². The normalized spacial score (nSPS) is 11.2. The molecule has 6 nitrogen and oxygen atoms in total. The van der Waals surface area contributed by atoms with E-state index in [-0.39, 0.29) is 6.54 Å². The third kappa shape index (κ3) is 3.69. The van der Waals surface area contributed by atoms with Crippen molar-refractivity contribution in [1.82, 2.24) is 4.72 Å². The van der Waals surface area contributed by atoms with Crippen LogP contribution in [0.3, 0.4) is 0 Å². The lowest BCUT2D eigenvalue weighted by Crippen LogP contribution is -2.30. The number of rotatable bonds is 5. The van der Waals surface area contributed by atoms with E-state index in [4.69, 9.17) is 14.6 Å². The van der Waals surface area contributed by atoms with Gasteiger partial charge in [0.2, 0.25) is 0 Å². The maximum Gasteiger partial charge on any atom is 0.274 e. The zero-order chi connectivity index (χ0) is 12.2. The van der Waals surface area contributed by atoms with Gasteiger partial charge in [0.15, 0.2) is 0 Å². The Labute approximate surface area is 94.5 Å². The molecule has 0 unspecified atom stereocenters. The summed E-state index contributed by atoms with van der Waals surface area (Å²) in [4.78, 5) is 0. The number of nitrogens with one attached hydrogen (secondary N) is 1. The number of benzene rings is 1. The minimum absolute atomic E-state index is 0.0754. The highest BCUT2D eigenvalue weighted by atomic mass is 32.2. The van der Waals surface area contributed by atoms with Crippen molar-refractivity contribution in [3.05, 3.63) is 23.8 Å². The van der Waals surface area contributed by atoms with Crippen LogP contribution in [-0.2, 0) is 16.8 Å². The lowest BCUT2D eigenvalue weighted by Gasteiger charge is -2.10. The fourth-order valence-corrected chi connectivity index (χ4v) is 1.53. The molecule has 0 heterocycles. The average Bonchev–Trinajstić information content (AvgIpc) is 2.25. The highest BCUT2D eigenvalue weighted by Crippen LogP contribution is 2.24. The molecule has 7 heteroatoms. The Morgan fingerprint density at radius 3 is 2.50 bits per heavy atom. The van der Waals surface area contributed by atoms with Crippen molar-refractivity contribution in [3.8, 4) is 11.5 Å². The zero-order valence-electron chi connectivity index (χ0n) is 9.06. The van der Waals surface area contributed by atoms with Crippen molar-refractivity contribution in [3.63, 3.8) is 0 Å². The molecule has 0 aromatic heterocycles. The van der Waals surface area contributed by atoms with E-state index in [2.05, 4.69) is 4.72 Å². The molecule has 1 rings (SSSR count). The van der Waals surface area contributed by atoms with Crippen molar-refractivity contribution in [2.75, 3.05) is 14.2 Å². The minimum atomic E-state index is -3.70. The van der Waals surface area contributed by atoms with Crippen molar-refractivity contribution in [2.24, 2.45) is 5.14 Å². The summed E-state index contributed by atoms with van der Waals surface area (Å²) in [6.07, 6.45) is 0. The van der Waals surface area contributed by atoms with Gasteiger partial charge >= 0.3 is 0 Å². The van der Waals surface area contributed by atoms with Gasteiger partial charge in [0.25, 0.3) is 10.2 Å². The molecule has 1 aromatic rings. The molecule has 0 aliphatic carbocycles. The minimum Gasteiger partial charge on any atom is -0.497 e. The molecule has 0 fully saturated rings. The Bertz CT molecular complexity index is 459. The van der Waals surface area contributed by atoms with Crippen LogP contribution < -0.4 is 19.3 Å². The zero-order valence-corrected chi connectivity index (χ0v) is 9.87. The van der Waals surface area contributed by atoms with Gasteiger partial charge in [-0.3, -0.25) is 0 Å². The van der Waals surface area contributed by atoms with E-state index in [1.807, 2.05) is 0 Å². The van der Waals surface area contributed by atoms with Crippen LogP contribution in [0.2, 0.25) is 0 Å². The van der Waals surface area contributed by atoms with Crippen LogP contribution in [0, 0.1) is 0 Å². The maximum absolute atomic E-state index is 10.7. The van der Waals surface area contributed by atoms with E-state index >= 15 is 0 Å². The third-order valence-electron chi connectivity index (χ3n) is 1.96. The summed E-state index contributed by atoms with van der Waals surface area (Å²) in [6, 6.07) is 5.08. The van der Waals surface area contributed by atoms with Gasteiger partial charge in [-0.25, -0.2) is 5.14 Å². The van der Waals surface area contributed by atoms with Crippen LogP contribution >= 0.6 is 0 Å². The van der Waals surface area contributed by atoms with Crippen LogP contribution in [0.5, 0.6) is 11.5 Å². The molecular formula is C9H14N2O4S. The molecule has 3 N–H and O–H groups in total. The van der Waals surface area contributed by atoms with E-state index in [0.29, 0.717) is 17.1 Å². The Kier molecular flexibility index (Phi) is 4.11. The second kappa shape index (κ2) is 5.15. The van der Waals surface area contributed by atoms with Gasteiger partial charge in [-0.15, -0.1) is 0 Å². The summed E-state index contributed by atoms with van der Waals surface area (Å²) >= 11 is 0. The molecule has 0 radical (unpaired) electrons. The molecule has 0 saturated carbocycles. The SMILES string of the molecule is COc1ccc(CNS(N)(=O)=O)c(OC)c1. The van der Waals surface area contributed by atoms with E-state index in [1.165, 1.54) is 14.2 Å². The Morgan fingerprint density at radius 1 is 1.31 bits per heavy atom. The van der Waals surface area contributed by atoms with Gasteiger partial charge in [-0.1, -0.05) is 6.07 Å². The second-order valence-corrected chi connectivity index (χ2v) is 4.42. The van der Waals surface area contributed by atoms with E-state index in [1.54, 1.807) is 18.2 Å². The first-order valence-corrected chi connectivity index (χ1v) is 5.99. The topological polar surface area (TPSA) is 90.6 Å². The van der Waals surface area contributed by atoms with Crippen molar-refractivity contribution in [2.45, 2.75) is 6.54 Å². The molecule has 1 aromatic carbocycles. The van der Waals surface area contributed by atoms with Crippen LogP contribution in [0.1, 0.15) is 5.56 Å². The van der Waals surface area contributed by atoms with Gasteiger partial charge in [-0.05, 0) is 6.07 Å². The van der Waals surface area contributed by atoms with Crippen LogP contribution in [0.15, 0.2) is 18.2 Å². The first kappa shape index (κ1) is 12.8. The lowest BCUT2D eigenvalue weighted by atomic mass is 10.2. The fraction of sp³-hybridized carbons (Fsp3) is 0.333. The predicted molar refractivity (Wildman–Crippen MR) is 59.5 cm³/mol. The summed E-state index contributed by atoms with van der Waals surface area (Å²) in [6.45, 7) is 0.0754. The van der Waals surface area contributed by atoms with E-state index in [9.17, 15) is 8.42 Å². The predicted octanol–water partition coefficient (Wildman–Crippen LogP) is -0.00310. The summed E-state index contributed by atoms with van der Waals surface area (Å²) in [5.74, 6) is 1.17. The van der Waals surface area contributed by atoms with E-state index in [0.717, 1.165) is 0 Å². The van der Waals surface area contributed by atoms with Gasteiger partial charge in [0.05, 0.1) is 14.2 Å². The summed E-state index contributed by atoms with van der Waals surface area (Å²) in [7, 11) is -0.666. The molecule has 0 amide bonds. The fourth-order valence-electron chi connectivity index (χ4n) is 1.18. The van der Waals surface area contributed by atoms with Crippen LogP contribution in [-0.4, -0.2) is 22.6 Å². The Morgan fingerprint density at radius 2 is 2.00 bits per heavy atom. The van der Waals surface area contributed by atoms with Gasteiger partial charge in [0.1, 0.15) is 11.5 Å². The van der Waals surface area contributed by atoms with Crippen molar-refractivity contribution in [1.29, 1.82) is 0 Å². The standard InChI is InChI=1S/C9H14N2O4S/c1-14-8-4-3-7(9(5-8)15-2)6-11-16(10,12)13/h3-5,11H,6H2,1-2H3,(H2,10,12,13). The average molecular weight is 246 g/mol. The number of ether oxygens (including phenoxy) is 2. The smallest absolute Gasteiger partial charge is 0.274 e. The maximum atomic E-state index is 10.7. The molecule has 90 valence electrons. The quantitative estimate of drug-likeness (QED) is 0.765. The molecule has 0 spiro atoms. The molecule has 0 atom stereocenters. The summed E-state index contributed by atoms with van der Waals surface area (Å²) < 4.78 is 33.7. The molecule has 0 aliphatic rings. The molecule has 0 aliphatic heterocycles. The molecule has 0 saturated heterocycles. The van der Waals surface area contributed by atoms with Crippen LogP contribution in [0.4, 0.5) is 0 Å². The lowest BCUT2D eigenvalue weighted by molar-refractivity contribution is 0.390. The largest absolute Gasteiger partial charge is 0.497 e.